The molecule has 3 aromatic rings. The molecule has 3 rings (SSSR count). The van der Waals surface area contributed by atoms with Gasteiger partial charge in [0.05, 0.1) is 11.1 Å². The van der Waals surface area contributed by atoms with Crippen molar-refractivity contribution >= 4 is 17.4 Å². The summed E-state index contributed by atoms with van der Waals surface area (Å²) in [4.78, 5) is 26.1. The molecular weight excluding hydrogens is 354 g/mol. The van der Waals surface area contributed by atoms with Crippen LogP contribution in [0.4, 0.5) is 5.69 Å². The number of phenolic OH excluding ortho intramolecular Hbond substituents is 1. The van der Waals surface area contributed by atoms with E-state index in [1.165, 1.54) is 29.8 Å². The van der Waals surface area contributed by atoms with Crippen molar-refractivity contribution in [3.05, 3.63) is 95.1 Å². The highest BCUT2D eigenvalue weighted by Crippen LogP contribution is 2.27. The maximum atomic E-state index is 12.7. The second-order valence-electron chi connectivity index (χ2n) is 6.54. The van der Waals surface area contributed by atoms with Crippen molar-refractivity contribution in [2.75, 3.05) is 18.5 Å². The molecular formula is C23H21NO4. The number of likely N-dealkylation sites (N-methyl/N-ethyl adjacent to an activating group) is 1. The number of carboxylic acid groups (broad SMARTS) is 1. The Morgan fingerprint density at radius 2 is 1.50 bits per heavy atom. The first-order chi connectivity index (χ1) is 13.5. The number of nitrogens with zero attached hydrogens (tertiary/aromatic N) is 1. The number of carboxylic acids is 1. The molecule has 142 valence electrons. The number of anilines is 1. The number of hydrogen-bond acceptors (Lipinski definition) is 4. The van der Waals surface area contributed by atoms with Gasteiger partial charge in [0.2, 0.25) is 0 Å². The van der Waals surface area contributed by atoms with Crippen LogP contribution in [0.2, 0.25) is 0 Å². The van der Waals surface area contributed by atoms with E-state index >= 15 is 0 Å². The van der Waals surface area contributed by atoms with Crippen LogP contribution in [0.1, 0.15) is 31.8 Å². The third kappa shape index (κ3) is 4.20. The van der Waals surface area contributed by atoms with Gasteiger partial charge in [0.1, 0.15) is 5.75 Å². The fourth-order valence-electron chi connectivity index (χ4n) is 3.03. The maximum Gasteiger partial charge on any atom is 0.336 e. The van der Waals surface area contributed by atoms with Crippen LogP contribution in [0.3, 0.4) is 0 Å². The van der Waals surface area contributed by atoms with Crippen molar-refractivity contribution in [2.24, 2.45) is 0 Å². The van der Waals surface area contributed by atoms with Gasteiger partial charge in [-0.05, 0) is 30.2 Å². The van der Waals surface area contributed by atoms with Crippen molar-refractivity contribution < 1.29 is 19.8 Å². The van der Waals surface area contributed by atoms with E-state index in [4.69, 9.17) is 0 Å². The van der Waals surface area contributed by atoms with Crippen LogP contribution in [0.25, 0.3) is 0 Å². The fourth-order valence-corrected chi connectivity index (χ4v) is 3.03. The summed E-state index contributed by atoms with van der Waals surface area (Å²) in [5, 5.41) is 19.7. The molecule has 0 amide bonds. The average Bonchev–Trinajstić information content (AvgIpc) is 2.72. The molecule has 2 N–H and O–H groups in total. The highest BCUT2D eigenvalue weighted by atomic mass is 16.4. The Bertz CT molecular complexity index is 998. The van der Waals surface area contributed by atoms with Gasteiger partial charge in [-0.25, -0.2) is 4.79 Å². The SMILES string of the molecule is CN(CCc1ccccc1)c1ccc(C(=O)c2ccccc2C(=O)O)c(O)c1. The van der Waals surface area contributed by atoms with Crippen molar-refractivity contribution in [2.45, 2.75) is 6.42 Å². The van der Waals surface area contributed by atoms with E-state index in [1.54, 1.807) is 18.2 Å². The van der Waals surface area contributed by atoms with Crippen LogP contribution in [-0.4, -0.2) is 35.6 Å². The largest absolute Gasteiger partial charge is 0.507 e. The molecule has 5 nitrogen and oxygen atoms in total. The van der Waals surface area contributed by atoms with Gasteiger partial charge in [-0.3, -0.25) is 4.79 Å². The van der Waals surface area contributed by atoms with Crippen LogP contribution in [-0.2, 0) is 6.42 Å². The zero-order valence-electron chi connectivity index (χ0n) is 15.5. The lowest BCUT2D eigenvalue weighted by atomic mass is 9.97. The van der Waals surface area contributed by atoms with Gasteiger partial charge in [0, 0.05) is 30.9 Å². The minimum absolute atomic E-state index is 0.0514. The molecule has 0 unspecified atom stereocenters. The Kier molecular flexibility index (Phi) is 5.75. The number of carbonyl (C=O) groups excluding carboxylic acids is 1. The Hall–Kier alpha value is -3.60. The van der Waals surface area contributed by atoms with Gasteiger partial charge in [-0.2, -0.15) is 0 Å². The highest BCUT2D eigenvalue weighted by molar-refractivity contribution is 6.15. The first-order valence-corrected chi connectivity index (χ1v) is 8.92. The summed E-state index contributed by atoms with van der Waals surface area (Å²) >= 11 is 0. The predicted molar refractivity (Wildman–Crippen MR) is 108 cm³/mol. The van der Waals surface area contributed by atoms with Crippen LogP contribution in [0.5, 0.6) is 5.75 Å². The quantitative estimate of drug-likeness (QED) is 0.610. The Morgan fingerprint density at radius 3 is 2.14 bits per heavy atom. The van der Waals surface area contributed by atoms with E-state index in [9.17, 15) is 19.8 Å². The standard InChI is InChI=1S/C23H21NO4/c1-24(14-13-16-7-3-2-4-8-16)17-11-12-20(21(25)15-17)22(26)18-9-5-6-10-19(18)23(27)28/h2-12,15,25H,13-14H2,1H3,(H,27,28). The molecule has 0 aliphatic heterocycles. The van der Waals surface area contributed by atoms with Gasteiger partial charge in [0.15, 0.2) is 5.78 Å². The molecule has 28 heavy (non-hydrogen) atoms. The molecule has 0 heterocycles. The minimum Gasteiger partial charge on any atom is -0.507 e. The molecule has 0 bridgehead atoms. The average molecular weight is 375 g/mol. The van der Waals surface area contributed by atoms with Crippen LogP contribution in [0, 0.1) is 0 Å². The summed E-state index contributed by atoms with van der Waals surface area (Å²) in [6, 6.07) is 20.9. The zero-order chi connectivity index (χ0) is 20.1. The van der Waals surface area contributed by atoms with Gasteiger partial charge in [0.25, 0.3) is 0 Å². The fraction of sp³-hybridized carbons (Fsp3) is 0.130. The zero-order valence-corrected chi connectivity index (χ0v) is 15.5. The molecule has 0 fully saturated rings. The lowest BCUT2D eigenvalue weighted by molar-refractivity contribution is 0.0692. The van der Waals surface area contributed by atoms with Crippen LogP contribution >= 0.6 is 0 Å². The molecule has 0 saturated carbocycles. The summed E-state index contributed by atoms with van der Waals surface area (Å²) < 4.78 is 0. The molecule has 0 saturated heterocycles. The van der Waals surface area contributed by atoms with Gasteiger partial charge >= 0.3 is 5.97 Å². The number of aromatic carboxylic acids is 1. The number of rotatable bonds is 7. The van der Waals surface area contributed by atoms with Crippen LogP contribution in [0.15, 0.2) is 72.8 Å². The van der Waals surface area contributed by atoms with E-state index in [-0.39, 0.29) is 22.4 Å². The summed E-state index contributed by atoms with van der Waals surface area (Å²) in [6.45, 7) is 0.749. The van der Waals surface area contributed by atoms with Crippen molar-refractivity contribution in [1.29, 1.82) is 0 Å². The Labute approximate surface area is 163 Å². The smallest absolute Gasteiger partial charge is 0.336 e. The molecule has 0 aromatic heterocycles. The number of ketones is 1. The number of phenols is 1. The second kappa shape index (κ2) is 8.39. The van der Waals surface area contributed by atoms with Gasteiger partial charge in [-0.1, -0.05) is 48.5 Å². The van der Waals surface area contributed by atoms with Gasteiger partial charge < -0.3 is 15.1 Å². The molecule has 3 aromatic carbocycles. The van der Waals surface area contributed by atoms with Crippen LogP contribution < -0.4 is 4.90 Å². The first kappa shape index (κ1) is 19.2. The number of aromatic hydroxyl groups is 1. The summed E-state index contributed by atoms with van der Waals surface area (Å²) in [7, 11) is 1.92. The van der Waals surface area contributed by atoms with E-state index < -0.39 is 11.8 Å². The summed E-state index contributed by atoms with van der Waals surface area (Å²) in [5.41, 5.74) is 2.03. The molecule has 0 aliphatic carbocycles. The lowest BCUT2D eigenvalue weighted by Crippen LogP contribution is -2.20. The molecule has 0 atom stereocenters. The van der Waals surface area contributed by atoms with E-state index in [1.807, 2.05) is 30.1 Å². The monoisotopic (exact) mass is 375 g/mol. The number of carbonyl (C=O) groups is 2. The highest BCUT2D eigenvalue weighted by Gasteiger charge is 2.20. The first-order valence-electron chi connectivity index (χ1n) is 8.92. The van der Waals surface area contributed by atoms with Crippen molar-refractivity contribution in [1.82, 2.24) is 0 Å². The third-order valence-corrected chi connectivity index (χ3v) is 4.65. The second-order valence-corrected chi connectivity index (χ2v) is 6.54. The normalized spacial score (nSPS) is 10.5. The molecule has 5 heteroatoms. The minimum atomic E-state index is -1.18. The topological polar surface area (TPSA) is 77.8 Å². The number of hydrogen-bond donors (Lipinski definition) is 2. The lowest BCUT2D eigenvalue weighted by Gasteiger charge is -2.20. The molecule has 0 radical (unpaired) electrons. The molecule has 0 spiro atoms. The molecule has 0 aliphatic rings. The predicted octanol–water partition coefficient (Wildman–Crippen LogP) is 4.00. The van der Waals surface area contributed by atoms with E-state index in [2.05, 4.69) is 12.1 Å². The Balaban J connectivity index is 1.79. The summed E-state index contributed by atoms with van der Waals surface area (Å²) in [6.07, 6.45) is 0.852. The van der Waals surface area contributed by atoms with Crippen molar-refractivity contribution in [3.8, 4) is 5.75 Å². The number of benzene rings is 3. The van der Waals surface area contributed by atoms with E-state index in [0.717, 1.165) is 18.7 Å². The van der Waals surface area contributed by atoms with Crippen molar-refractivity contribution in [3.63, 3.8) is 0 Å². The van der Waals surface area contributed by atoms with E-state index in [0.29, 0.717) is 0 Å². The third-order valence-electron chi connectivity index (χ3n) is 4.65. The summed E-state index contributed by atoms with van der Waals surface area (Å²) in [5.74, 6) is -1.87. The maximum absolute atomic E-state index is 12.7. The van der Waals surface area contributed by atoms with Gasteiger partial charge in [-0.15, -0.1) is 0 Å². The Morgan fingerprint density at radius 1 is 0.857 bits per heavy atom.